The molecule has 1 aliphatic heterocycles. The third-order valence-corrected chi connectivity index (χ3v) is 4.73. The largest absolute Gasteiger partial charge is 0.398 e. The topological polar surface area (TPSA) is 108 Å². The molecule has 0 unspecified atom stereocenters. The van der Waals surface area contributed by atoms with E-state index in [2.05, 4.69) is 22.5 Å². The quantitative estimate of drug-likeness (QED) is 0.345. The molecule has 1 fully saturated rings. The Labute approximate surface area is 163 Å². The number of aliphatic hydroxyl groups excluding tert-OH is 1. The summed E-state index contributed by atoms with van der Waals surface area (Å²) >= 11 is 4.66. The number of aliphatic hydroxyl groups is 1. The van der Waals surface area contributed by atoms with Gasteiger partial charge in [0.25, 0.3) is 0 Å². The number of morpholine rings is 1. The van der Waals surface area contributed by atoms with E-state index < -0.39 is 0 Å². The highest BCUT2D eigenvalue weighted by molar-refractivity contribution is 7.80. The number of nitrogens with zero attached hydrogens (tertiary/aromatic N) is 3. The lowest BCUT2D eigenvalue weighted by atomic mass is 10.1. The van der Waals surface area contributed by atoms with Crippen LogP contribution >= 0.6 is 12.6 Å². The molecule has 2 aromatic rings. The van der Waals surface area contributed by atoms with Crippen LogP contribution in [0.15, 0.2) is 29.2 Å². The fourth-order valence-electron chi connectivity index (χ4n) is 2.90. The van der Waals surface area contributed by atoms with Gasteiger partial charge in [0.15, 0.2) is 5.82 Å². The number of benzene rings is 1. The van der Waals surface area contributed by atoms with Crippen molar-refractivity contribution in [3.8, 4) is 11.4 Å². The molecule has 2 heterocycles. The zero-order valence-corrected chi connectivity index (χ0v) is 15.8. The predicted octanol–water partition coefficient (Wildman–Crippen LogP) is 2.24. The highest BCUT2D eigenvalue weighted by Crippen LogP contribution is 2.31. The lowest BCUT2D eigenvalue weighted by Gasteiger charge is -2.29. The molecule has 1 saturated heterocycles. The van der Waals surface area contributed by atoms with Crippen LogP contribution in [0.1, 0.15) is 17.7 Å². The molecule has 1 aromatic heterocycles. The van der Waals surface area contributed by atoms with Crippen LogP contribution in [-0.4, -0.2) is 54.2 Å². The van der Waals surface area contributed by atoms with Gasteiger partial charge in [-0.1, -0.05) is 18.2 Å². The van der Waals surface area contributed by atoms with Gasteiger partial charge >= 0.3 is 0 Å². The maximum atomic E-state index is 9.04. The van der Waals surface area contributed by atoms with Crippen molar-refractivity contribution in [1.82, 2.24) is 9.97 Å². The summed E-state index contributed by atoms with van der Waals surface area (Å²) in [5.74, 6) is 1.22. The average molecular weight is 385 g/mol. The molecular weight excluding hydrogens is 362 g/mol. The van der Waals surface area contributed by atoms with Crippen molar-refractivity contribution in [3.63, 3.8) is 0 Å². The van der Waals surface area contributed by atoms with Crippen LogP contribution in [0.4, 0.5) is 11.5 Å². The zero-order chi connectivity index (χ0) is 19.2. The first kappa shape index (κ1) is 19.3. The van der Waals surface area contributed by atoms with Crippen molar-refractivity contribution in [3.05, 3.63) is 35.5 Å². The Morgan fingerprint density at radius 3 is 2.78 bits per heavy atom. The second kappa shape index (κ2) is 8.98. The second-order valence-electron chi connectivity index (χ2n) is 6.07. The summed E-state index contributed by atoms with van der Waals surface area (Å²) in [5.41, 5.74) is 8.48. The van der Waals surface area contributed by atoms with Crippen molar-refractivity contribution in [2.45, 2.75) is 11.3 Å². The summed E-state index contributed by atoms with van der Waals surface area (Å²) in [4.78, 5) is 12.2. The second-order valence-corrected chi connectivity index (χ2v) is 6.52. The fourth-order valence-corrected chi connectivity index (χ4v) is 3.22. The Kier molecular flexibility index (Phi) is 6.44. The molecule has 0 atom stereocenters. The van der Waals surface area contributed by atoms with Gasteiger partial charge < -0.3 is 25.9 Å². The van der Waals surface area contributed by atoms with Gasteiger partial charge in [0, 0.05) is 42.7 Å². The molecule has 0 aliphatic carbocycles. The van der Waals surface area contributed by atoms with E-state index >= 15 is 0 Å². The van der Waals surface area contributed by atoms with Crippen molar-refractivity contribution >= 4 is 36.4 Å². The number of hydrogen-bond acceptors (Lipinski definition) is 8. The van der Waals surface area contributed by atoms with Gasteiger partial charge in [-0.05, 0) is 18.6 Å². The molecule has 7 nitrogen and oxygen atoms in total. The van der Waals surface area contributed by atoms with Crippen molar-refractivity contribution < 1.29 is 9.84 Å². The number of thiol groups is 1. The number of ether oxygens (including phenoxy) is 1. The molecular formula is C19H23N5O2S. The Bertz CT molecular complexity index is 850. The van der Waals surface area contributed by atoms with E-state index in [-0.39, 0.29) is 6.61 Å². The molecule has 0 spiro atoms. The summed E-state index contributed by atoms with van der Waals surface area (Å²) in [7, 11) is 0. The van der Waals surface area contributed by atoms with Crippen LogP contribution in [-0.2, 0) is 4.74 Å². The molecule has 0 saturated carbocycles. The van der Waals surface area contributed by atoms with Gasteiger partial charge in [-0.2, -0.15) is 0 Å². The summed E-state index contributed by atoms with van der Waals surface area (Å²) < 4.78 is 5.44. The van der Waals surface area contributed by atoms with Crippen molar-refractivity contribution in [2.75, 3.05) is 43.5 Å². The molecule has 0 bridgehead atoms. The first-order valence-corrected chi connectivity index (χ1v) is 9.21. The summed E-state index contributed by atoms with van der Waals surface area (Å²) in [5, 5.41) is 16.8. The molecule has 4 N–H and O–H groups in total. The van der Waals surface area contributed by atoms with E-state index in [1.165, 1.54) is 6.21 Å². The van der Waals surface area contributed by atoms with E-state index in [0.717, 1.165) is 18.9 Å². The van der Waals surface area contributed by atoms with Crippen LogP contribution < -0.4 is 10.6 Å². The summed E-state index contributed by atoms with van der Waals surface area (Å²) in [6.45, 7) is 2.77. The standard InChI is InChI=1S/C19H23N5O2S/c20-12-14-13(4-3-5-15(14)21)18-22-16(6-1-2-9-25)17(27)19(23-18)24-7-10-26-11-8-24/h1,3-6,12,20,25,27H,2,7-11,21H2/b6-1+,20-12?. The molecule has 142 valence electrons. The monoisotopic (exact) mass is 385 g/mol. The molecule has 1 aliphatic rings. The van der Waals surface area contributed by atoms with Gasteiger partial charge in [-0.3, -0.25) is 0 Å². The van der Waals surface area contributed by atoms with Crippen LogP contribution in [0.2, 0.25) is 0 Å². The van der Waals surface area contributed by atoms with E-state index in [9.17, 15) is 0 Å². The lowest BCUT2D eigenvalue weighted by Crippen LogP contribution is -2.37. The third kappa shape index (κ3) is 4.29. The highest BCUT2D eigenvalue weighted by Gasteiger charge is 2.20. The van der Waals surface area contributed by atoms with Crippen LogP contribution in [0, 0.1) is 5.41 Å². The summed E-state index contributed by atoms with van der Waals surface area (Å²) in [6.07, 6.45) is 5.44. The molecule has 27 heavy (non-hydrogen) atoms. The number of rotatable bonds is 6. The number of nitrogens with two attached hydrogens (primary N) is 1. The van der Waals surface area contributed by atoms with Crippen LogP contribution in [0.3, 0.4) is 0 Å². The molecule has 0 amide bonds. The molecule has 1 aromatic carbocycles. The van der Waals surface area contributed by atoms with E-state index in [0.29, 0.717) is 52.9 Å². The number of nitrogens with one attached hydrogen (secondary N) is 1. The minimum atomic E-state index is 0.0693. The molecule has 0 radical (unpaired) electrons. The zero-order valence-electron chi connectivity index (χ0n) is 14.9. The number of anilines is 2. The minimum Gasteiger partial charge on any atom is -0.398 e. The Morgan fingerprint density at radius 1 is 1.30 bits per heavy atom. The van der Waals surface area contributed by atoms with Gasteiger partial charge in [-0.25, -0.2) is 9.97 Å². The molecule has 3 rings (SSSR count). The van der Waals surface area contributed by atoms with E-state index in [4.69, 9.17) is 26.0 Å². The van der Waals surface area contributed by atoms with Crippen molar-refractivity contribution in [2.24, 2.45) is 0 Å². The Morgan fingerprint density at radius 2 is 2.07 bits per heavy atom. The maximum absolute atomic E-state index is 9.04. The van der Waals surface area contributed by atoms with Crippen molar-refractivity contribution in [1.29, 1.82) is 5.41 Å². The minimum absolute atomic E-state index is 0.0693. The third-order valence-electron chi connectivity index (χ3n) is 4.30. The van der Waals surface area contributed by atoms with Gasteiger partial charge in [0.05, 0.1) is 23.8 Å². The van der Waals surface area contributed by atoms with Gasteiger partial charge in [0.1, 0.15) is 5.82 Å². The summed E-state index contributed by atoms with van der Waals surface area (Å²) in [6, 6.07) is 5.43. The van der Waals surface area contributed by atoms with Crippen LogP contribution in [0.25, 0.3) is 17.5 Å². The van der Waals surface area contributed by atoms with Gasteiger partial charge in [0.2, 0.25) is 0 Å². The predicted molar refractivity (Wildman–Crippen MR) is 111 cm³/mol. The maximum Gasteiger partial charge on any atom is 0.162 e. The Hall–Kier alpha value is -2.42. The Balaban J connectivity index is 2.14. The number of hydrogen-bond donors (Lipinski definition) is 4. The number of aromatic nitrogens is 2. The first-order chi connectivity index (χ1) is 13.2. The SMILES string of the molecule is N=Cc1c(N)cccc1-c1nc(/C=C/CCO)c(S)c(N2CCOCC2)n1. The van der Waals surface area contributed by atoms with Crippen LogP contribution in [0.5, 0.6) is 0 Å². The highest BCUT2D eigenvalue weighted by atomic mass is 32.1. The first-order valence-electron chi connectivity index (χ1n) is 8.76. The normalized spacial score (nSPS) is 14.7. The number of nitrogen functional groups attached to an aromatic ring is 1. The fraction of sp³-hybridized carbons (Fsp3) is 0.316. The van der Waals surface area contributed by atoms with E-state index in [1.54, 1.807) is 6.07 Å². The van der Waals surface area contributed by atoms with Gasteiger partial charge in [-0.15, -0.1) is 12.6 Å². The average Bonchev–Trinajstić information content (AvgIpc) is 2.70. The van der Waals surface area contributed by atoms with E-state index in [1.807, 2.05) is 24.3 Å². The smallest absolute Gasteiger partial charge is 0.162 e. The lowest BCUT2D eigenvalue weighted by molar-refractivity contribution is 0.122. The molecule has 8 heteroatoms.